The number of rotatable bonds is 3. The van der Waals surface area contributed by atoms with Crippen LogP contribution in [0.1, 0.15) is 38.7 Å². The summed E-state index contributed by atoms with van der Waals surface area (Å²) in [5, 5.41) is 10.5. The van der Waals surface area contributed by atoms with Gasteiger partial charge in [-0.3, -0.25) is 0 Å². The van der Waals surface area contributed by atoms with Crippen LogP contribution in [0.15, 0.2) is 24.3 Å². The van der Waals surface area contributed by atoms with Crippen molar-refractivity contribution in [3.05, 3.63) is 29.8 Å². The van der Waals surface area contributed by atoms with Crippen LogP contribution in [0.3, 0.4) is 0 Å². The number of aliphatic hydroxyl groups is 1. The molecule has 1 aliphatic carbocycles. The predicted molar refractivity (Wildman–Crippen MR) is 69.4 cm³/mol. The number of hydrogen-bond acceptors (Lipinski definition) is 2. The number of alkyl halides is 3. The Morgan fingerprint density at radius 1 is 1.15 bits per heavy atom. The zero-order valence-corrected chi connectivity index (χ0v) is 11.6. The van der Waals surface area contributed by atoms with Crippen molar-refractivity contribution in [2.75, 3.05) is 0 Å². The molecule has 1 N–H and O–H groups in total. The second-order valence-electron chi connectivity index (χ2n) is 6.43. The lowest BCUT2D eigenvalue weighted by molar-refractivity contribution is -0.274. The van der Waals surface area contributed by atoms with Gasteiger partial charge in [0.2, 0.25) is 0 Å². The lowest BCUT2D eigenvalue weighted by atomic mass is 9.86. The normalized spacial score (nSPS) is 25.7. The molecule has 1 saturated carbocycles. The third-order valence-corrected chi connectivity index (χ3v) is 3.76. The van der Waals surface area contributed by atoms with Crippen molar-refractivity contribution in [2.24, 2.45) is 5.41 Å². The van der Waals surface area contributed by atoms with E-state index >= 15 is 0 Å². The van der Waals surface area contributed by atoms with Crippen LogP contribution in [0.4, 0.5) is 13.2 Å². The van der Waals surface area contributed by atoms with Crippen molar-refractivity contribution in [3.63, 3.8) is 0 Å². The highest BCUT2D eigenvalue weighted by atomic mass is 19.4. The summed E-state index contributed by atoms with van der Waals surface area (Å²) < 4.78 is 40.0. The smallest absolute Gasteiger partial charge is 0.406 e. The molecule has 112 valence electrons. The van der Waals surface area contributed by atoms with Gasteiger partial charge in [0.05, 0.1) is 5.60 Å². The number of ether oxygens (including phenoxy) is 1. The molecule has 0 aliphatic heterocycles. The van der Waals surface area contributed by atoms with Crippen molar-refractivity contribution in [1.29, 1.82) is 0 Å². The molecule has 0 heterocycles. The van der Waals surface area contributed by atoms with Crippen LogP contribution in [0, 0.1) is 5.41 Å². The molecule has 2 nitrogen and oxygen atoms in total. The van der Waals surface area contributed by atoms with Gasteiger partial charge in [-0.1, -0.05) is 26.0 Å². The fourth-order valence-electron chi connectivity index (χ4n) is 2.98. The van der Waals surface area contributed by atoms with E-state index in [1.54, 1.807) is 12.1 Å². The Morgan fingerprint density at radius 3 is 2.20 bits per heavy atom. The van der Waals surface area contributed by atoms with E-state index < -0.39 is 12.0 Å². The molecule has 1 aromatic carbocycles. The Bertz CT molecular complexity index is 465. The summed E-state index contributed by atoms with van der Waals surface area (Å²) in [6, 6.07) is 5.72. The summed E-state index contributed by atoms with van der Waals surface area (Å²) in [6.07, 6.45) is -1.82. The van der Waals surface area contributed by atoms with Gasteiger partial charge in [-0.05, 0) is 42.4 Å². The minimum atomic E-state index is -4.67. The van der Waals surface area contributed by atoms with Gasteiger partial charge in [-0.2, -0.15) is 0 Å². The first-order valence-corrected chi connectivity index (χ1v) is 6.64. The molecule has 0 radical (unpaired) electrons. The monoisotopic (exact) mass is 288 g/mol. The van der Waals surface area contributed by atoms with Gasteiger partial charge < -0.3 is 9.84 Å². The second-order valence-corrected chi connectivity index (χ2v) is 6.43. The topological polar surface area (TPSA) is 29.5 Å². The van der Waals surface area contributed by atoms with E-state index in [9.17, 15) is 18.3 Å². The fraction of sp³-hybridized carbons (Fsp3) is 0.600. The average Bonchev–Trinajstić information content (AvgIpc) is 2.54. The SMILES string of the molecule is CC1(C)CCC(O)(Cc2ccc(OC(F)(F)F)cc2)C1. The van der Waals surface area contributed by atoms with E-state index in [2.05, 4.69) is 18.6 Å². The van der Waals surface area contributed by atoms with Crippen LogP contribution in [0.25, 0.3) is 0 Å². The summed E-state index contributed by atoms with van der Waals surface area (Å²) in [5.41, 5.74) is 0.184. The predicted octanol–water partition coefficient (Wildman–Crippen LogP) is 4.07. The Morgan fingerprint density at radius 2 is 1.75 bits per heavy atom. The molecule has 0 amide bonds. The molecular weight excluding hydrogens is 269 g/mol. The van der Waals surface area contributed by atoms with Crippen LogP contribution in [0.2, 0.25) is 0 Å². The molecule has 1 aromatic rings. The largest absolute Gasteiger partial charge is 0.573 e. The molecule has 1 aliphatic rings. The average molecular weight is 288 g/mol. The van der Waals surface area contributed by atoms with Crippen molar-refractivity contribution < 1.29 is 23.0 Å². The highest BCUT2D eigenvalue weighted by molar-refractivity contribution is 5.28. The molecule has 0 saturated heterocycles. The van der Waals surface area contributed by atoms with E-state index in [1.807, 2.05) is 0 Å². The van der Waals surface area contributed by atoms with Gasteiger partial charge in [-0.15, -0.1) is 13.2 Å². The molecule has 0 bridgehead atoms. The second kappa shape index (κ2) is 4.95. The first kappa shape index (κ1) is 15.2. The van der Waals surface area contributed by atoms with Crippen molar-refractivity contribution in [3.8, 4) is 5.75 Å². The highest BCUT2D eigenvalue weighted by Crippen LogP contribution is 2.45. The maximum Gasteiger partial charge on any atom is 0.573 e. The van der Waals surface area contributed by atoms with Crippen LogP contribution >= 0.6 is 0 Å². The van der Waals surface area contributed by atoms with E-state index in [4.69, 9.17) is 0 Å². The lowest BCUT2D eigenvalue weighted by Crippen LogP contribution is -2.29. The fourth-order valence-corrected chi connectivity index (χ4v) is 2.98. The van der Waals surface area contributed by atoms with Gasteiger partial charge in [0.15, 0.2) is 0 Å². The standard InChI is InChI=1S/C15H19F3O2/c1-13(2)7-8-14(19,10-13)9-11-3-5-12(6-4-11)20-15(16,17)18/h3-6,19H,7-10H2,1-2H3. The number of benzene rings is 1. The van der Waals surface area contributed by atoms with Gasteiger partial charge in [0.1, 0.15) is 5.75 Å². The van der Waals surface area contributed by atoms with Crippen LogP contribution < -0.4 is 4.74 Å². The van der Waals surface area contributed by atoms with Gasteiger partial charge in [0.25, 0.3) is 0 Å². The summed E-state index contributed by atoms with van der Waals surface area (Å²) >= 11 is 0. The van der Waals surface area contributed by atoms with Crippen LogP contribution in [0.5, 0.6) is 5.75 Å². The van der Waals surface area contributed by atoms with Crippen molar-refractivity contribution >= 4 is 0 Å². The van der Waals surface area contributed by atoms with Crippen molar-refractivity contribution in [1.82, 2.24) is 0 Å². The van der Waals surface area contributed by atoms with Gasteiger partial charge in [-0.25, -0.2) is 0 Å². The first-order valence-electron chi connectivity index (χ1n) is 6.64. The quantitative estimate of drug-likeness (QED) is 0.908. The molecule has 2 rings (SSSR count). The zero-order chi connectivity index (χ0) is 15.0. The first-order chi connectivity index (χ1) is 9.07. The van der Waals surface area contributed by atoms with E-state index in [-0.39, 0.29) is 11.2 Å². The molecule has 1 fully saturated rings. The summed E-state index contributed by atoms with van der Waals surface area (Å²) in [6.45, 7) is 4.23. The van der Waals surface area contributed by atoms with Gasteiger partial charge >= 0.3 is 6.36 Å². The maximum atomic E-state index is 12.1. The maximum absolute atomic E-state index is 12.1. The third-order valence-electron chi connectivity index (χ3n) is 3.76. The van der Waals surface area contributed by atoms with Gasteiger partial charge in [0, 0.05) is 6.42 Å². The molecular formula is C15H19F3O2. The van der Waals surface area contributed by atoms with E-state index in [0.29, 0.717) is 12.8 Å². The molecule has 1 unspecified atom stereocenters. The summed E-state index contributed by atoms with van der Waals surface area (Å²) in [5.74, 6) is -0.236. The minimum absolute atomic E-state index is 0.119. The van der Waals surface area contributed by atoms with E-state index in [0.717, 1.165) is 18.4 Å². The molecule has 1 atom stereocenters. The Balaban J connectivity index is 2.01. The third kappa shape index (κ3) is 4.13. The number of hydrogen-bond donors (Lipinski definition) is 1. The molecule has 0 spiro atoms. The zero-order valence-electron chi connectivity index (χ0n) is 11.6. The molecule has 20 heavy (non-hydrogen) atoms. The summed E-state index contributed by atoms with van der Waals surface area (Å²) in [7, 11) is 0. The number of halogens is 3. The Kier molecular flexibility index (Phi) is 3.75. The van der Waals surface area contributed by atoms with Crippen LogP contribution in [-0.2, 0) is 6.42 Å². The summed E-state index contributed by atoms with van der Waals surface area (Å²) in [4.78, 5) is 0. The van der Waals surface area contributed by atoms with Crippen molar-refractivity contribution in [2.45, 2.75) is 51.5 Å². The lowest BCUT2D eigenvalue weighted by Gasteiger charge is -2.25. The van der Waals surface area contributed by atoms with Crippen LogP contribution in [-0.4, -0.2) is 17.1 Å². The molecule has 0 aromatic heterocycles. The van der Waals surface area contributed by atoms with E-state index in [1.165, 1.54) is 12.1 Å². The Hall–Kier alpha value is -1.23. The molecule has 5 heteroatoms. The minimum Gasteiger partial charge on any atom is -0.406 e. The Labute approximate surface area is 116 Å². The highest BCUT2D eigenvalue weighted by Gasteiger charge is 2.41.